The lowest BCUT2D eigenvalue weighted by molar-refractivity contribution is -0.0727. The van der Waals surface area contributed by atoms with Gasteiger partial charge in [-0.3, -0.25) is 4.90 Å². The fourth-order valence-electron chi connectivity index (χ4n) is 0.959. The number of halogens is 2. The molecule has 4 heteroatoms. The van der Waals surface area contributed by atoms with Gasteiger partial charge in [0.1, 0.15) is 6.10 Å². The minimum absolute atomic E-state index is 0.0764. The van der Waals surface area contributed by atoms with Crippen LogP contribution in [0, 0.1) is 0 Å². The molecule has 1 N–H and O–H groups in total. The second kappa shape index (κ2) is 1.88. The molecule has 2 nitrogen and oxygen atoms in total. The molecule has 1 rings (SSSR count). The molecule has 9 heavy (non-hydrogen) atoms. The van der Waals surface area contributed by atoms with E-state index < -0.39 is 12.0 Å². The fourth-order valence-corrected chi connectivity index (χ4v) is 0.959. The van der Waals surface area contributed by atoms with Crippen LogP contribution in [0.4, 0.5) is 8.78 Å². The number of alkyl halides is 2. The van der Waals surface area contributed by atoms with Crippen molar-refractivity contribution >= 4 is 0 Å². The van der Waals surface area contributed by atoms with Crippen molar-refractivity contribution in [1.82, 2.24) is 4.90 Å². The van der Waals surface area contributed by atoms with Crippen molar-refractivity contribution in [3.05, 3.63) is 0 Å². The van der Waals surface area contributed by atoms with Crippen LogP contribution in [0.2, 0.25) is 0 Å². The second-order valence-electron chi connectivity index (χ2n) is 2.47. The zero-order valence-corrected chi connectivity index (χ0v) is 5.14. The molecule has 1 fully saturated rings. The van der Waals surface area contributed by atoms with Gasteiger partial charge in [-0.25, -0.2) is 8.78 Å². The van der Waals surface area contributed by atoms with Gasteiger partial charge in [0.25, 0.3) is 5.92 Å². The molecule has 0 amide bonds. The molecule has 0 aromatic heterocycles. The molecule has 1 saturated heterocycles. The van der Waals surface area contributed by atoms with Crippen molar-refractivity contribution < 1.29 is 13.9 Å². The molecule has 1 unspecified atom stereocenters. The first-order valence-electron chi connectivity index (χ1n) is 2.77. The van der Waals surface area contributed by atoms with Gasteiger partial charge in [-0.1, -0.05) is 0 Å². The highest BCUT2D eigenvalue weighted by molar-refractivity contribution is 4.88. The monoisotopic (exact) mass is 137 g/mol. The lowest BCUT2D eigenvalue weighted by Gasteiger charge is -2.10. The molecule has 0 radical (unpaired) electrons. The van der Waals surface area contributed by atoms with Crippen molar-refractivity contribution in [3.8, 4) is 0 Å². The Balaban J connectivity index is 2.58. The first-order valence-corrected chi connectivity index (χ1v) is 2.77. The van der Waals surface area contributed by atoms with Gasteiger partial charge < -0.3 is 5.11 Å². The summed E-state index contributed by atoms with van der Waals surface area (Å²) in [7, 11) is 1.56. The average molecular weight is 137 g/mol. The smallest absolute Gasteiger partial charge is 0.287 e. The molecule has 1 heterocycles. The lowest BCUT2D eigenvalue weighted by Crippen LogP contribution is -2.31. The summed E-state index contributed by atoms with van der Waals surface area (Å²) in [6, 6.07) is 0. The molecular formula is C5H9F2NO. The highest BCUT2D eigenvalue weighted by Gasteiger charge is 2.45. The van der Waals surface area contributed by atoms with Crippen LogP contribution in [0.3, 0.4) is 0 Å². The van der Waals surface area contributed by atoms with Crippen molar-refractivity contribution in [2.75, 3.05) is 20.1 Å². The molecule has 0 aliphatic carbocycles. The van der Waals surface area contributed by atoms with Crippen molar-refractivity contribution in [1.29, 1.82) is 0 Å². The van der Waals surface area contributed by atoms with Crippen molar-refractivity contribution in [2.24, 2.45) is 0 Å². The second-order valence-corrected chi connectivity index (χ2v) is 2.47. The number of likely N-dealkylation sites (N-methyl/N-ethyl adjacent to an activating group) is 1. The average Bonchev–Trinajstić information content (AvgIpc) is 1.79. The molecule has 0 aromatic rings. The summed E-state index contributed by atoms with van der Waals surface area (Å²) in [6.07, 6.45) is -1.47. The minimum Gasteiger partial charge on any atom is -0.385 e. The first kappa shape index (κ1) is 6.89. The molecule has 0 aromatic carbocycles. The van der Waals surface area contributed by atoms with E-state index in [1.807, 2.05) is 0 Å². The minimum atomic E-state index is -2.89. The Bertz CT molecular complexity index is 118. The summed E-state index contributed by atoms with van der Waals surface area (Å²) in [4.78, 5) is 1.41. The van der Waals surface area contributed by atoms with Gasteiger partial charge in [-0.05, 0) is 7.05 Å². The Labute approximate surface area is 52.1 Å². The Morgan fingerprint density at radius 2 is 2.22 bits per heavy atom. The van der Waals surface area contributed by atoms with Crippen molar-refractivity contribution in [3.63, 3.8) is 0 Å². The SMILES string of the molecule is CN1CC(O)C(F)(F)C1. The maximum absolute atomic E-state index is 12.3. The van der Waals surface area contributed by atoms with E-state index in [0.717, 1.165) is 0 Å². The predicted octanol–water partition coefficient (Wildman–Crippen LogP) is -0.0720. The number of likely N-dealkylation sites (tertiary alicyclic amines) is 1. The van der Waals surface area contributed by atoms with Crippen LogP contribution in [-0.4, -0.2) is 42.2 Å². The van der Waals surface area contributed by atoms with Crippen LogP contribution in [0.1, 0.15) is 0 Å². The number of nitrogens with zero attached hydrogens (tertiary/aromatic N) is 1. The highest BCUT2D eigenvalue weighted by atomic mass is 19.3. The standard InChI is InChI=1S/C5H9F2NO/c1-8-2-4(9)5(6,7)3-8/h4,9H,2-3H2,1H3. The third kappa shape index (κ3) is 1.19. The van der Waals surface area contributed by atoms with E-state index in [-0.39, 0.29) is 13.1 Å². The highest BCUT2D eigenvalue weighted by Crippen LogP contribution is 2.25. The van der Waals surface area contributed by atoms with Crippen LogP contribution < -0.4 is 0 Å². The maximum atomic E-state index is 12.3. The van der Waals surface area contributed by atoms with Crippen molar-refractivity contribution in [2.45, 2.75) is 12.0 Å². The van der Waals surface area contributed by atoms with Gasteiger partial charge in [0.05, 0.1) is 6.54 Å². The Hall–Kier alpha value is -0.220. The largest absolute Gasteiger partial charge is 0.385 e. The Morgan fingerprint density at radius 1 is 1.67 bits per heavy atom. The summed E-state index contributed by atoms with van der Waals surface area (Å²) >= 11 is 0. The number of rotatable bonds is 0. The van der Waals surface area contributed by atoms with Gasteiger partial charge in [0, 0.05) is 6.54 Å². The van der Waals surface area contributed by atoms with Crippen LogP contribution in [0.15, 0.2) is 0 Å². The van der Waals surface area contributed by atoms with Crippen LogP contribution in [-0.2, 0) is 0 Å². The van der Waals surface area contributed by atoms with Gasteiger partial charge in [0.2, 0.25) is 0 Å². The van der Waals surface area contributed by atoms with Crippen LogP contribution in [0.5, 0.6) is 0 Å². The van der Waals surface area contributed by atoms with E-state index in [9.17, 15) is 8.78 Å². The number of β-amino-alcohol motifs (C(OH)–C–C–N with tert-alkyl or cyclic N) is 1. The van der Waals surface area contributed by atoms with E-state index in [1.54, 1.807) is 7.05 Å². The zero-order valence-electron chi connectivity index (χ0n) is 5.14. The van der Waals surface area contributed by atoms with Gasteiger partial charge >= 0.3 is 0 Å². The topological polar surface area (TPSA) is 23.5 Å². The third-order valence-electron chi connectivity index (χ3n) is 1.45. The normalized spacial score (nSPS) is 35.3. The summed E-state index contributed by atoms with van der Waals surface area (Å²) in [5, 5.41) is 8.64. The molecular weight excluding hydrogens is 128 g/mol. The van der Waals surface area contributed by atoms with Crippen LogP contribution in [0.25, 0.3) is 0 Å². The predicted molar refractivity (Wildman–Crippen MR) is 28.5 cm³/mol. The summed E-state index contributed by atoms with van der Waals surface area (Å²) in [5.41, 5.74) is 0. The number of hydrogen-bond donors (Lipinski definition) is 1. The first-order chi connectivity index (χ1) is 4.02. The summed E-state index contributed by atoms with van der Waals surface area (Å²) in [5.74, 6) is -2.89. The fraction of sp³-hybridized carbons (Fsp3) is 1.00. The molecule has 54 valence electrons. The molecule has 1 atom stereocenters. The number of aliphatic hydroxyl groups is 1. The lowest BCUT2D eigenvalue weighted by atomic mass is 10.2. The van der Waals surface area contributed by atoms with E-state index in [0.29, 0.717) is 0 Å². The maximum Gasteiger partial charge on any atom is 0.287 e. The number of hydrogen-bond acceptors (Lipinski definition) is 2. The van der Waals surface area contributed by atoms with E-state index >= 15 is 0 Å². The van der Waals surface area contributed by atoms with E-state index in [2.05, 4.69) is 0 Å². The molecule has 0 bridgehead atoms. The quantitative estimate of drug-likeness (QED) is 0.505. The van der Waals surface area contributed by atoms with Gasteiger partial charge in [-0.2, -0.15) is 0 Å². The Morgan fingerprint density at radius 3 is 2.33 bits per heavy atom. The number of aliphatic hydroxyl groups excluding tert-OH is 1. The summed E-state index contributed by atoms with van der Waals surface area (Å²) < 4.78 is 24.6. The van der Waals surface area contributed by atoms with Gasteiger partial charge in [0.15, 0.2) is 0 Å². The van der Waals surface area contributed by atoms with Crippen LogP contribution >= 0.6 is 0 Å². The van der Waals surface area contributed by atoms with E-state index in [1.165, 1.54) is 4.90 Å². The molecule has 0 saturated carbocycles. The molecule has 0 spiro atoms. The summed E-state index contributed by atoms with van der Waals surface area (Å²) in [6.45, 7) is -0.249. The zero-order chi connectivity index (χ0) is 7.07. The third-order valence-corrected chi connectivity index (χ3v) is 1.45. The molecule has 1 aliphatic rings. The Kier molecular flexibility index (Phi) is 1.44. The van der Waals surface area contributed by atoms with Gasteiger partial charge in [-0.15, -0.1) is 0 Å². The van der Waals surface area contributed by atoms with E-state index in [4.69, 9.17) is 5.11 Å². The molecule has 1 aliphatic heterocycles.